The molecule has 0 N–H and O–H groups in total. The van der Waals surface area contributed by atoms with Gasteiger partial charge in [-0.1, -0.05) is 17.7 Å². The molecule has 2 aromatic heterocycles. The van der Waals surface area contributed by atoms with E-state index in [1.165, 1.54) is 28.9 Å². The molecule has 0 spiro atoms. The molecular formula is C22H11ClF4N4O3. The largest absolute Gasteiger partial charge is 0.573 e. The molecule has 0 radical (unpaired) electrons. The Morgan fingerprint density at radius 3 is 2.53 bits per heavy atom. The molecule has 2 amide bonds. The van der Waals surface area contributed by atoms with E-state index >= 15 is 0 Å². The standard InChI is InChI=1S/C22H11ClF4N4O3/c1-10-17-18-14(9-28-19(17)31(29-10)16-6-5-11(23)7-15(16)24)20(32)30(21(18)33)12-3-2-4-13(8-12)34-22(25,26)27/h2-9H,1H3. The van der Waals surface area contributed by atoms with Crippen molar-refractivity contribution >= 4 is 40.1 Å². The number of amides is 2. The first-order chi connectivity index (χ1) is 16.0. The Morgan fingerprint density at radius 2 is 1.82 bits per heavy atom. The molecule has 0 aliphatic carbocycles. The molecule has 0 unspecified atom stereocenters. The average molecular weight is 491 g/mol. The summed E-state index contributed by atoms with van der Waals surface area (Å²) in [7, 11) is 0. The summed E-state index contributed by atoms with van der Waals surface area (Å²) in [5, 5.41) is 4.68. The van der Waals surface area contributed by atoms with Gasteiger partial charge in [0.1, 0.15) is 17.3 Å². The van der Waals surface area contributed by atoms with E-state index in [0.717, 1.165) is 29.3 Å². The van der Waals surface area contributed by atoms with Crippen LogP contribution in [0.5, 0.6) is 5.75 Å². The summed E-state index contributed by atoms with van der Waals surface area (Å²) in [6.07, 6.45) is -3.79. The van der Waals surface area contributed by atoms with Crippen LogP contribution in [0.15, 0.2) is 48.7 Å². The van der Waals surface area contributed by atoms with E-state index in [-0.39, 0.29) is 38.6 Å². The van der Waals surface area contributed by atoms with Crippen LogP contribution in [-0.4, -0.2) is 32.9 Å². The number of anilines is 1. The summed E-state index contributed by atoms with van der Waals surface area (Å²) in [5.74, 6) is -2.82. The van der Waals surface area contributed by atoms with Crippen LogP contribution in [0, 0.1) is 12.7 Å². The highest BCUT2D eigenvalue weighted by Gasteiger charge is 2.40. The Balaban J connectivity index is 1.63. The number of halogens is 5. The van der Waals surface area contributed by atoms with Crippen LogP contribution < -0.4 is 9.64 Å². The molecule has 0 atom stereocenters. The summed E-state index contributed by atoms with van der Waals surface area (Å²) < 4.78 is 57.4. The molecule has 0 bridgehead atoms. The van der Waals surface area contributed by atoms with Gasteiger partial charge in [0, 0.05) is 17.3 Å². The molecular weight excluding hydrogens is 480 g/mol. The zero-order chi connectivity index (χ0) is 24.4. The lowest BCUT2D eigenvalue weighted by Gasteiger charge is -2.15. The van der Waals surface area contributed by atoms with Gasteiger partial charge in [0.2, 0.25) is 0 Å². The van der Waals surface area contributed by atoms with Gasteiger partial charge in [0.05, 0.1) is 27.9 Å². The molecule has 1 aliphatic rings. The Labute approximate surface area is 193 Å². The highest BCUT2D eigenvalue weighted by Crippen LogP contribution is 2.36. The molecule has 3 heterocycles. The Bertz CT molecular complexity index is 1520. The molecule has 12 heteroatoms. The first-order valence-corrected chi connectivity index (χ1v) is 10.0. The molecule has 172 valence electrons. The van der Waals surface area contributed by atoms with Crippen molar-refractivity contribution in [3.63, 3.8) is 0 Å². The van der Waals surface area contributed by atoms with E-state index in [1.807, 2.05) is 0 Å². The minimum atomic E-state index is -4.95. The van der Waals surface area contributed by atoms with E-state index < -0.39 is 29.7 Å². The smallest absolute Gasteiger partial charge is 0.406 e. The number of fused-ring (bicyclic) bond motifs is 3. The summed E-state index contributed by atoms with van der Waals surface area (Å²) in [4.78, 5) is 31.3. The third-order valence-corrected chi connectivity index (χ3v) is 5.40. The third kappa shape index (κ3) is 3.45. The molecule has 34 heavy (non-hydrogen) atoms. The second kappa shape index (κ2) is 7.52. The van der Waals surface area contributed by atoms with Gasteiger partial charge in [-0.3, -0.25) is 9.59 Å². The highest BCUT2D eigenvalue weighted by molar-refractivity contribution is 6.37. The molecule has 0 saturated heterocycles. The number of benzene rings is 2. The first kappa shape index (κ1) is 21.8. The van der Waals surface area contributed by atoms with Gasteiger partial charge < -0.3 is 4.74 Å². The van der Waals surface area contributed by atoms with E-state index in [1.54, 1.807) is 6.92 Å². The van der Waals surface area contributed by atoms with Gasteiger partial charge in [0.25, 0.3) is 11.8 Å². The Hall–Kier alpha value is -3.99. The lowest BCUT2D eigenvalue weighted by molar-refractivity contribution is -0.274. The van der Waals surface area contributed by atoms with Gasteiger partial charge in [0.15, 0.2) is 5.65 Å². The predicted octanol–water partition coefficient (Wildman–Crippen LogP) is 5.22. The van der Waals surface area contributed by atoms with Crippen molar-refractivity contribution in [1.29, 1.82) is 0 Å². The molecule has 4 aromatic rings. The number of aryl methyl sites for hydroxylation is 1. The normalized spacial score (nSPS) is 13.6. The number of pyridine rings is 1. The Morgan fingerprint density at radius 1 is 1.06 bits per heavy atom. The lowest BCUT2D eigenvalue weighted by atomic mass is 10.1. The van der Waals surface area contributed by atoms with Crippen LogP contribution in [0.2, 0.25) is 5.02 Å². The minimum absolute atomic E-state index is 0.0283. The fourth-order valence-corrected chi connectivity index (χ4v) is 3.99. The van der Waals surface area contributed by atoms with Crippen molar-refractivity contribution in [1.82, 2.24) is 14.8 Å². The van der Waals surface area contributed by atoms with Crippen LogP contribution >= 0.6 is 11.6 Å². The number of hydrogen-bond acceptors (Lipinski definition) is 5. The second-order valence-corrected chi connectivity index (χ2v) is 7.77. The fraction of sp³-hybridized carbons (Fsp3) is 0.0909. The van der Waals surface area contributed by atoms with E-state index in [9.17, 15) is 27.2 Å². The molecule has 0 fully saturated rings. The van der Waals surface area contributed by atoms with Crippen molar-refractivity contribution in [3.05, 3.63) is 76.3 Å². The van der Waals surface area contributed by atoms with Crippen molar-refractivity contribution in [2.45, 2.75) is 13.3 Å². The number of ether oxygens (including phenoxy) is 1. The summed E-state index contributed by atoms with van der Waals surface area (Å²) >= 11 is 5.82. The van der Waals surface area contributed by atoms with Crippen LogP contribution in [0.4, 0.5) is 23.2 Å². The quantitative estimate of drug-likeness (QED) is 0.291. The third-order valence-electron chi connectivity index (χ3n) is 5.17. The number of imide groups is 1. The molecule has 7 nitrogen and oxygen atoms in total. The minimum Gasteiger partial charge on any atom is -0.406 e. The zero-order valence-corrected chi connectivity index (χ0v) is 17.8. The topological polar surface area (TPSA) is 77.3 Å². The van der Waals surface area contributed by atoms with Crippen molar-refractivity contribution < 1.29 is 31.9 Å². The predicted molar refractivity (Wildman–Crippen MR) is 113 cm³/mol. The number of nitrogens with zero attached hydrogens (tertiary/aromatic N) is 4. The lowest BCUT2D eigenvalue weighted by Crippen LogP contribution is -2.29. The van der Waals surface area contributed by atoms with Crippen molar-refractivity contribution in [3.8, 4) is 11.4 Å². The van der Waals surface area contributed by atoms with Crippen molar-refractivity contribution in [2.75, 3.05) is 4.90 Å². The zero-order valence-electron chi connectivity index (χ0n) is 17.0. The number of carbonyl (C=O) groups is 2. The van der Waals surface area contributed by atoms with Crippen LogP contribution in [0.3, 0.4) is 0 Å². The summed E-state index contributed by atoms with van der Waals surface area (Å²) in [5.41, 5.74) is 0.241. The van der Waals surface area contributed by atoms with Gasteiger partial charge >= 0.3 is 6.36 Å². The van der Waals surface area contributed by atoms with Crippen LogP contribution in [0.1, 0.15) is 26.4 Å². The first-order valence-electron chi connectivity index (χ1n) is 9.63. The average Bonchev–Trinajstić information content (AvgIpc) is 3.21. The molecule has 2 aromatic carbocycles. The monoisotopic (exact) mass is 490 g/mol. The van der Waals surface area contributed by atoms with Gasteiger partial charge in [-0.15, -0.1) is 13.2 Å². The maximum Gasteiger partial charge on any atom is 0.573 e. The number of hydrogen-bond donors (Lipinski definition) is 0. The van der Waals surface area contributed by atoms with E-state index in [4.69, 9.17) is 11.6 Å². The van der Waals surface area contributed by atoms with E-state index in [2.05, 4.69) is 14.8 Å². The van der Waals surface area contributed by atoms with Gasteiger partial charge in [-0.25, -0.2) is 19.0 Å². The Kier molecular flexibility index (Phi) is 4.83. The maximum absolute atomic E-state index is 14.5. The van der Waals surface area contributed by atoms with Crippen LogP contribution in [-0.2, 0) is 0 Å². The molecule has 1 aliphatic heterocycles. The van der Waals surface area contributed by atoms with Crippen LogP contribution in [0.25, 0.3) is 16.7 Å². The van der Waals surface area contributed by atoms with Gasteiger partial charge in [-0.2, -0.15) is 5.10 Å². The number of rotatable bonds is 3. The molecule has 5 rings (SSSR count). The molecule has 0 saturated carbocycles. The number of aromatic nitrogens is 3. The summed E-state index contributed by atoms with van der Waals surface area (Å²) in [6, 6.07) is 8.45. The maximum atomic E-state index is 14.5. The summed E-state index contributed by atoms with van der Waals surface area (Å²) in [6.45, 7) is 1.56. The fourth-order valence-electron chi connectivity index (χ4n) is 3.84. The second-order valence-electron chi connectivity index (χ2n) is 7.33. The SMILES string of the molecule is Cc1nn(-c2ccc(Cl)cc2F)c2ncc3c(c12)C(=O)N(c1cccc(OC(F)(F)F)c1)C3=O. The number of alkyl halides is 3. The number of carbonyl (C=O) groups excluding carboxylic acids is 2. The van der Waals surface area contributed by atoms with E-state index in [0.29, 0.717) is 5.69 Å². The van der Waals surface area contributed by atoms with Gasteiger partial charge in [-0.05, 0) is 37.3 Å². The highest BCUT2D eigenvalue weighted by atomic mass is 35.5. The van der Waals surface area contributed by atoms with Crippen molar-refractivity contribution in [2.24, 2.45) is 0 Å².